The summed E-state index contributed by atoms with van der Waals surface area (Å²) in [6.45, 7) is 3.79. The highest BCUT2D eigenvalue weighted by Gasteiger charge is 1.86. The third-order valence-corrected chi connectivity index (χ3v) is 1.26. The molecular weight excluding hydrogens is 138 g/mol. The van der Waals surface area contributed by atoms with Crippen LogP contribution in [0.5, 0.6) is 0 Å². The molecule has 11 heavy (non-hydrogen) atoms. The van der Waals surface area contributed by atoms with E-state index in [1.807, 2.05) is 24.3 Å². The molecule has 0 atom stereocenters. The largest absolute Gasteiger partial charge is 0.399 e. The average Bonchev–Trinajstić information content (AvgIpc) is 2.01. The van der Waals surface area contributed by atoms with E-state index < -0.39 is 0 Å². The summed E-state index contributed by atoms with van der Waals surface area (Å²) in [5, 5.41) is 3.63. The van der Waals surface area contributed by atoms with E-state index >= 15 is 0 Å². The van der Waals surface area contributed by atoms with Crippen molar-refractivity contribution in [2.75, 3.05) is 7.11 Å². The maximum atomic E-state index is 4.53. The van der Waals surface area contributed by atoms with E-state index in [9.17, 15) is 0 Å². The minimum atomic E-state index is 0.977. The first-order valence-corrected chi connectivity index (χ1v) is 3.31. The van der Waals surface area contributed by atoms with Crippen molar-refractivity contribution in [2.24, 2.45) is 5.16 Å². The molecule has 0 aliphatic heterocycles. The SMILES string of the molecule is [CH2]c1cccc(C=NOC)c1. The monoisotopic (exact) mass is 148 g/mol. The lowest BCUT2D eigenvalue weighted by atomic mass is 10.2. The zero-order chi connectivity index (χ0) is 8.10. The number of oxime groups is 1. The Hall–Kier alpha value is -1.31. The van der Waals surface area contributed by atoms with Crippen molar-refractivity contribution >= 4 is 6.21 Å². The maximum Gasteiger partial charge on any atom is 0.106 e. The van der Waals surface area contributed by atoms with Gasteiger partial charge in [-0.3, -0.25) is 0 Å². The lowest BCUT2D eigenvalue weighted by Gasteiger charge is -1.93. The molecular formula is C9H10NO. The van der Waals surface area contributed by atoms with Crippen LogP contribution in [-0.4, -0.2) is 13.3 Å². The molecule has 0 unspecified atom stereocenters. The first-order chi connectivity index (χ1) is 5.33. The highest BCUT2D eigenvalue weighted by atomic mass is 16.6. The number of benzene rings is 1. The quantitative estimate of drug-likeness (QED) is 0.463. The van der Waals surface area contributed by atoms with Crippen LogP contribution in [0.3, 0.4) is 0 Å². The van der Waals surface area contributed by atoms with Gasteiger partial charge in [0.15, 0.2) is 0 Å². The van der Waals surface area contributed by atoms with E-state index in [0.29, 0.717) is 0 Å². The summed E-state index contributed by atoms with van der Waals surface area (Å²) >= 11 is 0. The second kappa shape index (κ2) is 3.76. The van der Waals surface area contributed by atoms with Crippen molar-refractivity contribution in [2.45, 2.75) is 0 Å². The fourth-order valence-electron chi connectivity index (χ4n) is 0.787. The van der Waals surface area contributed by atoms with Crippen LogP contribution in [0.25, 0.3) is 0 Å². The molecule has 0 amide bonds. The molecule has 0 aromatic heterocycles. The summed E-state index contributed by atoms with van der Waals surface area (Å²) in [4.78, 5) is 4.53. The van der Waals surface area contributed by atoms with Gasteiger partial charge in [-0.15, -0.1) is 0 Å². The van der Waals surface area contributed by atoms with Crippen molar-refractivity contribution < 1.29 is 4.84 Å². The lowest BCUT2D eigenvalue weighted by Crippen LogP contribution is -1.82. The number of hydrogen-bond donors (Lipinski definition) is 0. The van der Waals surface area contributed by atoms with Crippen LogP contribution in [0.1, 0.15) is 11.1 Å². The average molecular weight is 148 g/mol. The molecule has 0 heterocycles. The zero-order valence-electron chi connectivity index (χ0n) is 6.45. The molecule has 0 spiro atoms. The molecule has 57 valence electrons. The summed E-state index contributed by atoms with van der Waals surface area (Å²) < 4.78 is 0. The van der Waals surface area contributed by atoms with Crippen molar-refractivity contribution in [3.8, 4) is 0 Å². The number of nitrogens with zero attached hydrogens (tertiary/aromatic N) is 1. The van der Waals surface area contributed by atoms with Gasteiger partial charge in [-0.05, 0) is 18.1 Å². The van der Waals surface area contributed by atoms with Gasteiger partial charge in [-0.25, -0.2) is 0 Å². The van der Waals surface area contributed by atoms with E-state index in [-0.39, 0.29) is 0 Å². The van der Waals surface area contributed by atoms with Crippen LogP contribution >= 0.6 is 0 Å². The van der Waals surface area contributed by atoms with Crippen molar-refractivity contribution in [3.05, 3.63) is 42.3 Å². The van der Waals surface area contributed by atoms with Crippen LogP contribution < -0.4 is 0 Å². The van der Waals surface area contributed by atoms with Crippen LogP contribution in [0.2, 0.25) is 0 Å². The Morgan fingerprint density at radius 3 is 3.00 bits per heavy atom. The van der Waals surface area contributed by atoms with Gasteiger partial charge in [0.1, 0.15) is 7.11 Å². The third-order valence-electron chi connectivity index (χ3n) is 1.26. The number of hydrogen-bond acceptors (Lipinski definition) is 2. The lowest BCUT2D eigenvalue weighted by molar-refractivity contribution is 0.215. The summed E-state index contributed by atoms with van der Waals surface area (Å²) in [7, 11) is 1.52. The van der Waals surface area contributed by atoms with Gasteiger partial charge in [0.25, 0.3) is 0 Å². The summed E-state index contributed by atoms with van der Waals surface area (Å²) in [5.74, 6) is 0. The maximum absolute atomic E-state index is 4.53. The Labute approximate surface area is 66.5 Å². The predicted molar refractivity (Wildman–Crippen MR) is 45.5 cm³/mol. The first-order valence-electron chi connectivity index (χ1n) is 3.31. The van der Waals surface area contributed by atoms with Gasteiger partial charge >= 0.3 is 0 Å². The molecule has 0 bridgehead atoms. The molecule has 2 heteroatoms. The molecule has 1 aromatic rings. The molecule has 0 fully saturated rings. The molecule has 0 saturated carbocycles. The first kappa shape index (κ1) is 7.79. The van der Waals surface area contributed by atoms with Gasteiger partial charge in [0, 0.05) is 0 Å². The van der Waals surface area contributed by atoms with Crippen molar-refractivity contribution in [1.82, 2.24) is 0 Å². The van der Waals surface area contributed by atoms with Gasteiger partial charge < -0.3 is 4.84 Å². The van der Waals surface area contributed by atoms with E-state index in [1.54, 1.807) is 6.21 Å². The second-order valence-corrected chi connectivity index (χ2v) is 2.16. The molecule has 0 aliphatic carbocycles. The highest BCUT2D eigenvalue weighted by Crippen LogP contribution is 2.00. The van der Waals surface area contributed by atoms with E-state index in [0.717, 1.165) is 11.1 Å². The summed E-state index contributed by atoms with van der Waals surface area (Å²) in [6.07, 6.45) is 1.65. The molecule has 2 nitrogen and oxygen atoms in total. The molecule has 1 radical (unpaired) electrons. The summed E-state index contributed by atoms with van der Waals surface area (Å²) in [6, 6.07) is 7.74. The molecule has 0 N–H and O–H groups in total. The van der Waals surface area contributed by atoms with Crippen molar-refractivity contribution in [3.63, 3.8) is 0 Å². The van der Waals surface area contributed by atoms with Crippen molar-refractivity contribution in [1.29, 1.82) is 0 Å². The fourth-order valence-corrected chi connectivity index (χ4v) is 0.787. The standard InChI is InChI=1S/C9H10NO/c1-8-4-3-5-9(6-8)7-10-11-2/h3-7H,1H2,2H3. The van der Waals surface area contributed by atoms with Gasteiger partial charge in [0.05, 0.1) is 6.21 Å². The molecule has 0 aliphatic rings. The Morgan fingerprint density at radius 1 is 1.55 bits per heavy atom. The normalized spacial score (nSPS) is 10.4. The Balaban J connectivity index is 2.79. The minimum Gasteiger partial charge on any atom is -0.399 e. The molecule has 1 aromatic carbocycles. The predicted octanol–water partition coefficient (Wildman–Crippen LogP) is 1.85. The van der Waals surface area contributed by atoms with Gasteiger partial charge in [-0.2, -0.15) is 0 Å². The zero-order valence-corrected chi connectivity index (χ0v) is 6.45. The molecule has 1 rings (SSSR count). The van der Waals surface area contributed by atoms with E-state index in [2.05, 4.69) is 16.9 Å². The minimum absolute atomic E-state index is 0.977. The highest BCUT2D eigenvalue weighted by molar-refractivity contribution is 5.79. The van der Waals surface area contributed by atoms with Crippen LogP contribution in [0, 0.1) is 6.92 Å². The third kappa shape index (κ3) is 2.42. The van der Waals surface area contributed by atoms with Gasteiger partial charge in [0.2, 0.25) is 0 Å². The van der Waals surface area contributed by atoms with Crippen LogP contribution in [-0.2, 0) is 4.84 Å². The topological polar surface area (TPSA) is 21.6 Å². The fraction of sp³-hybridized carbons (Fsp3) is 0.111. The van der Waals surface area contributed by atoms with Crippen LogP contribution in [0.4, 0.5) is 0 Å². The van der Waals surface area contributed by atoms with E-state index in [4.69, 9.17) is 0 Å². The van der Waals surface area contributed by atoms with Crippen LogP contribution in [0.15, 0.2) is 29.4 Å². The smallest absolute Gasteiger partial charge is 0.106 e. The molecule has 0 saturated heterocycles. The van der Waals surface area contributed by atoms with Gasteiger partial charge in [-0.1, -0.05) is 29.4 Å². The second-order valence-electron chi connectivity index (χ2n) is 2.16. The Kier molecular flexibility index (Phi) is 2.66. The van der Waals surface area contributed by atoms with E-state index in [1.165, 1.54) is 7.11 Å². The Bertz CT molecular complexity index is 255. The Morgan fingerprint density at radius 2 is 2.36 bits per heavy atom. The number of rotatable bonds is 2. The summed E-state index contributed by atoms with van der Waals surface area (Å²) in [5.41, 5.74) is 1.98.